The SMILES string of the molecule is FC1C=CC=C2C1C1=NC2N(F)C2NC(=NC3N=C(NC4N=C(N1)C1C=CC=CC41)C1C=CC=CC31)C1C=CC=CC12. The molecule has 212 valence electrons. The van der Waals surface area contributed by atoms with Gasteiger partial charge in [0.1, 0.15) is 41.8 Å². The fraction of sp³-hybridized carbons (Fsp3) is 0.375. The zero-order valence-corrected chi connectivity index (χ0v) is 22.6. The summed E-state index contributed by atoms with van der Waals surface area (Å²) in [6.45, 7) is 0. The highest BCUT2D eigenvalue weighted by Gasteiger charge is 2.51. The molecular weight excluding hydrogens is 534 g/mol. The van der Waals surface area contributed by atoms with Crippen LogP contribution in [0.25, 0.3) is 0 Å². The van der Waals surface area contributed by atoms with E-state index in [0.29, 0.717) is 23.1 Å². The molecule has 5 heterocycles. The largest absolute Gasteiger partial charge is 0.355 e. The molecule has 9 rings (SSSR count). The van der Waals surface area contributed by atoms with E-state index in [1.165, 1.54) is 6.08 Å². The lowest BCUT2D eigenvalue weighted by Gasteiger charge is -2.30. The fourth-order valence-corrected chi connectivity index (χ4v) is 7.80. The molecule has 12 unspecified atom stereocenters. The van der Waals surface area contributed by atoms with E-state index in [0.717, 1.165) is 11.0 Å². The molecule has 0 saturated carbocycles. The summed E-state index contributed by atoms with van der Waals surface area (Å²) in [6.07, 6.45) is 26.0. The second kappa shape index (κ2) is 9.16. The number of hydrogen-bond acceptors (Lipinski definition) is 8. The number of fused-ring (bicyclic) bond motifs is 17. The molecule has 4 aliphatic carbocycles. The molecule has 1 saturated heterocycles. The second-order valence-corrected chi connectivity index (χ2v) is 12.1. The zero-order chi connectivity index (χ0) is 27.9. The van der Waals surface area contributed by atoms with Gasteiger partial charge in [-0.2, -0.15) is 0 Å². The Balaban J connectivity index is 1.19. The van der Waals surface area contributed by atoms with Gasteiger partial charge in [0.15, 0.2) is 12.3 Å². The third kappa shape index (κ3) is 3.54. The van der Waals surface area contributed by atoms with Crippen molar-refractivity contribution in [2.75, 3.05) is 0 Å². The monoisotopic (exact) mass is 564 g/mol. The van der Waals surface area contributed by atoms with Crippen molar-refractivity contribution < 1.29 is 8.87 Å². The van der Waals surface area contributed by atoms with E-state index in [1.54, 1.807) is 12.2 Å². The average Bonchev–Trinajstić information content (AvgIpc) is 3.76. The van der Waals surface area contributed by atoms with E-state index in [-0.39, 0.29) is 47.8 Å². The fourth-order valence-electron chi connectivity index (χ4n) is 7.80. The van der Waals surface area contributed by atoms with E-state index in [4.69, 9.17) is 20.0 Å². The summed E-state index contributed by atoms with van der Waals surface area (Å²) < 4.78 is 32.2. The summed E-state index contributed by atoms with van der Waals surface area (Å²) in [4.78, 5) is 20.1. The molecule has 0 spiro atoms. The number of halogens is 2. The van der Waals surface area contributed by atoms with Crippen molar-refractivity contribution in [2.24, 2.45) is 61.4 Å². The van der Waals surface area contributed by atoms with Gasteiger partial charge in [-0.25, -0.2) is 24.4 Å². The summed E-state index contributed by atoms with van der Waals surface area (Å²) in [5.74, 6) is 1.68. The molecule has 0 radical (unpaired) electrons. The van der Waals surface area contributed by atoms with Crippen molar-refractivity contribution in [3.63, 3.8) is 0 Å². The summed E-state index contributed by atoms with van der Waals surface area (Å²) in [5.41, 5.74) is 0.592. The molecule has 12 atom stereocenters. The summed E-state index contributed by atoms with van der Waals surface area (Å²) in [7, 11) is 0. The molecule has 8 bridgehead atoms. The van der Waals surface area contributed by atoms with E-state index < -0.39 is 24.4 Å². The van der Waals surface area contributed by atoms with Crippen LogP contribution < -0.4 is 16.0 Å². The maximum Gasteiger partial charge on any atom is 0.156 e. The molecule has 0 aromatic carbocycles. The first-order chi connectivity index (χ1) is 20.6. The number of amidine groups is 4. The van der Waals surface area contributed by atoms with Gasteiger partial charge in [-0.05, 0) is 11.6 Å². The molecule has 1 fully saturated rings. The first-order valence-corrected chi connectivity index (χ1v) is 14.8. The summed E-state index contributed by atoms with van der Waals surface area (Å²) in [6, 6.07) is 0. The average molecular weight is 565 g/mol. The van der Waals surface area contributed by atoms with Crippen LogP contribution in [0.2, 0.25) is 0 Å². The molecule has 0 amide bonds. The van der Waals surface area contributed by atoms with Gasteiger partial charge >= 0.3 is 0 Å². The third-order valence-corrected chi connectivity index (χ3v) is 9.84. The normalized spacial score (nSPS) is 45.0. The summed E-state index contributed by atoms with van der Waals surface area (Å²) in [5, 5.41) is 11.2. The van der Waals surface area contributed by atoms with Crippen molar-refractivity contribution in [1.29, 1.82) is 0 Å². The molecule has 42 heavy (non-hydrogen) atoms. The predicted octanol–water partition coefficient (Wildman–Crippen LogP) is 3.43. The van der Waals surface area contributed by atoms with Crippen LogP contribution >= 0.6 is 0 Å². The lowest BCUT2D eigenvalue weighted by atomic mass is 9.85. The minimum Gasteiger partial charge on any atom is -0.355 e. The van der Waals surface area contributed by atoms with Crippen molar-refractivity contribution in [3.05, 3.63) is 96.7 Å². The zero-order valence-electron chi connectivity index (χ0n) is 22.6. The lowest BCUT2D eigenvalue weighted by molar-refractivity contribution is -0.0651. The standard InChI is InChI=1S/C32H30F2N8/c33-23-15-7-14-22-24(23)30-39-28-19-11-4-3-10-18(19)26(37-28)35-25-16-8-1-2-9-17(16)27(36-25)38-29-20-12-5-6-13-21(20)31(40-29)42(34)32(22)41-30/h1-21,23-24,26-27,31-32H,(H,35,36)(H,38,40)(H,37,39,41). The Morgan fingerprint density at radius 3 is 2.05 bits per heavy atom. The Morgan fingerprint density at radius 1 is 0.619 bits per heavy atom. The number of nitrogens with zero attached hydrogens (tertiary/aromatic N) is 5. The van der Waals surface area contributed by atoms with Crippen LogP contribution in [0.3, 0.4) is 0 Å². The van der Waals surface area contributed by atoms with Crippen LogP contribution in [0.5, 0.6) is 0 Å². The summed E-state index contributed by atoms with van der Waals surface area (Å²) >= 11 is 0. The van der Waals surface area contributed by atoms with Crippen LogP contribution in [0, 0.1) is 41.4 Å². The molecule has 3 N–H and O–H groups in total. The molecule has 10 heteroatoms. The van der Waals surface area contributed by atoms with Crippen molar-refractivity contribution >= 4 is 23.3 Å². The van der Waals surface area contributed by atoms with Gasteiger partial charge < -0.3 is 16.0 Å². The first kappa shape index (κ1) is 24.4. The van der Waals surface area contributed by atoms with Crippen molar-refractivity contribution in [1.82, 2.24) is 21.1 Å². The van der Waals surface area contributed by atoms with Crippen LogP contribution in [0.15, 0.2) is 117 Å². The highest BCUT2D eigenvalue weighted by molar-refractivity contribution is 6.07. The molecule has 8 nitrogen and oxygen atoms in total. The Labute approximate surface area is 242 Å². The number of allylic oxidation sites excluding steroid dienone is 9. The van der Waals surface area contributed by atoms with E-state index >= 15 is 8.87 Å². The topological polar surface area (TPSA) is 88.8 Å². The highest BCUT2D eigenvalue weighted by atomic mass is 19.2. The lowest BCUT2D eigenvalue weighted by Crippen LogP contribution is -2.46. The number of alkyl halides is 1. The van der Waals surface area contributed by atoms with Gasteiger partial charge in [-0.1, -0.05) is 90.2 Å². The third-order valence-electron chi connectivity index (χ3n) is 9.84. The van der Waals surface area contributed by atoms with Gasteiger partial charge in [0.25, 0.3) is 0 Å². The Kier molecular flexibility index (Phi) is 5.33. The van der Waals surface area contributed by atoms with Gasteiger partial charge in [-0.3, -0.25) is 0 Å². The van der Waals surface area contributed by atoms with Crippen molar-refractivity contribution in [2.45, 2.75) is 30.8 Å². The minimum absolute atomic E-state index is 0.0377. The van der Waals surface area contributed by atoms with Crippen LogP contribution in [0.1, 0.15) is 0 Å². The first-order valence-electron chi connectivity index (χ1n) is 14.8. The maximum absolute atomic E-state index is 16.7. The highest BCUT2D eigenvalue weighted by Crippen LogP contribution is 2.42. The minimum atomic E-state index is -1.32. The number of rotatable bonds is 0. The Hall–Kier alpha value is -4.18. The predicted molar refractivity (Wildman–Crippen MR) is 159 cm³/mol. The molecule has 5 aliphatic heterocycles. The number of hydrogen-bond donors (Lipinski definition) is 3. The van der Waals surface area contributed by atoms with Gasteiger partial charge in [0.05, 0.1) is 5.92 Å². The van der Waals surface area contributed by atoms with E-state index in [2.05, 4.69) is 52.4 Å². The van der Waals surface area contributed by atoms with Gasteiger partial charge in [-0.15, -0.1) is 4.48 Å². The van der Waals surface area contributed by atoms with Crippen LogP contribution in [0.4, 0.5) is 8.87 Å². The van der Waals surface area contributed by atoms with Crippen molar-refractivity contribution in [3.8, 4) is 0 Å². The van der Waals surface area contributed by atoms with E-state index in [9.17, 15) is 0 Å². The molecule has 9 aliphatic rings. The van der Waals surface area contributed by atoms with Crippen LogP contribution in [-0.2, 0) is 0 Å². The molecule has 0 aromatic heterocycles. The quantitative estimate of drug-likeness (QED) is 0.394. The molecular formula is C32H30F2N8. The smallest absolute Gasteiger partial charge is 0.156 e. The Bertz CT molecular complexity index is 1590. The number of aliphatic imine (C=N–C) groups is 4. The molecule has 0 aromatic rings. The second-order valence-electron chi connectivity index (χ2n) is 12.1. The van der Waals surface area contributed by atoms with Gasteiger partial charge in [0.2, 0.25) is 0 Å². The number of nitrogens with one attached hydrogen (secondary N) is 3. The Morgan fingerprint density at radius 2 is 1.26 bits per heavy atom. The maximum atomic E-state index is 16.7. The van der Waals surface area contributed by atoms with Crippen LogP contribution in [-0.4, -0.2) is 59.3 Å². The van der Waals surface area contributed by atoms with Gasteiger partial charge in [0, 0.05) is 35.5 Å². The van der Waals surface area contributed by atoms with E-state index in [1.807, 2.05) is 36.5 Å².